The predicted molar refractivity (Wildman–Crippen MR) is 92.4 cm³/mol. The number of unbranched alkanes of at least 4 members (excludes halogenated alkanes) is 8. The van der Waals surface area contributed by atoms with Gasteiger partial charge in [0.15, 0.2) is 0 Å². The monoisotopic (exact) mass is 329 g/mol. The van der Waals surface area contributed by atoms with Gasteiger partial charge < -0.3 is 14.8 Å². The number of carbonyl (C=O) groups excluding carboxylic acids is 2. The van der Waals surface area contributed by atoms with Crippen molar-refractivity contribution >= 4 is 12.1 Å². The lowest BCUT2D eigenvalue weighted by Crippen LogP contribution is -2.41. The van der Waals surface area contributed by atoms with Crippen LogP contribution in [0, 0.1) is 0 Å². The van der Waals surface area contributed by atoms with Gasteiger partial charge in [0.25, 0.3) is 0 Å². The number of esters is 1. The molecule has 0 aromatic rings. The van der Waals surface area contributed by atoms with Crippen molar-refractivity contribution in [3.8, 4) is 0 Å². The number of carbonyl (C=O) groups is 2. The molecule has 0 aliphatic carbocycles. The average Bonchev–Trinajstić information content (AvgIpc) is 2.56. The number of amides is 1. The van der Waals surface area contributed by atoms with Crippen molar-refractivity contribution in [2.75, 3.05) is 13.7 Å². The number of ether oxygens (including phenoxy) is 2. The van der Waals surface area contributed by atoms with Gasteiger partial charge in [0, 0.05) is 0 Å². The molecular formula is C18H35NO4. The zero-order valence-corrected chi connectivity index (χ0v) is 15.2. The summed E-state index contributed by atoms with van der Waals surface area (Å²) in [6.45, 7) is 4.76. The van der Waals surface area contributed by atoms with Gasteiger partial charge in [0.05, 0.1) is 13.7 Å². The SMILES string of the molecule is CCCCCCCCOC(=O)C(CCCCCC)NC(=O)OC. The molecule has 136 valence electrons. The molecule has 1 unspecified atom stereocenters. The highest BCUT2D eigenvalue weighted by molar-refractivity contribution is 5.81. The van der Waals surface area contributed by atoms with Gasteiger partial charge in [-0.05, 0) is 12.8 Å². The van der Waals surface area contributed by atoms with Crippen LogP contribution in [0.3, 0.4) is 0 Å². The van der Waals surface area contributed by atoms with E-state index >= 15 is 0 Å². The van der Waals surface area contributed by atoms with Crippen molar-refractivity contribution in [2.24, 2.45) is 0 Å². The van der Waals surface area contributed by atoms with Gasteiger partial charge in [-0.3, -0.25) is 0 Å². The molecule has 0 spiro atoms. The fourth-order valence-corrected chi connectivity index (χ4v) is 2.38. The second-order valence-electron chi connectivity index (χ2n) is 5.97. The maximum atomic E-state index is 12.1. The number of hydrogen-bond acceptors (Lipinski definition) is 4. The highest BCUT2D eigenvalue weighted by Crippen LogP contribution is 2.09. The summed E-state index contributed by atoms with van der Waals surface area (Å²) in [5.41, 5.74) is 0. The Hall–Kier alpha value is -1.26. The Morgan fingerprint density at radius 1 is 0.870 bits per heavy atom. The molecule has 0 aromatic carbocycles. The quantitative estimate of drug-likeness (QED) is 0.374. The standard InChI is InChI=1S/C18H35NO4/c1-4-6-8-10-11-13-15-23-17(20)16(19-18(21)22-3)14-12-9-7-5-2/h16H,4-15H2,1-3H3,(H,19,21). The highest BCUT2D eigenvalue weighted by atomic mass is 16.5. The van der Waals surface area contributed by atoms with Crippen LogP contribution in [0.15, 0.2) is 0 Å². The average molecular weight is 329 g/mol. The Morgan fingerprint density at radius 3 is 2.04 bits per heavy atom. The first kappa shape index (κ1) is 21.7. The van der Waals surface area contributed by atoms with E-state index in [4.69, 9.17) is 4.74 Å². The van der Waals surface area contributed by atoms with Gasteiger partial charge in [0.2, 0.25) is 0 Å². The fourth-order valence-electron chi connectivity index (χ4n) is 2.38. The van der Waals surface area contributed by atoms with Crippen LogP contribution in [0.4, 0.5) is 4.79 Å². The minimum Gasteiger partial charge on any atom is -0.464 e. The Bertz CT molecular complexity index is 307. The summed E-state index contributed by atoms with van der Waals surface area (Å²) < 4.78 is 9.88. The summed E-state index contributed by atoms with van der Waals surface area (Å²) in [7, 11) is 1.30. The van der Waals surface area contributed by atoms with E-state index in [0.29, 0.717) is 13.0 Å². The van der Waals surface area contributed by atoms with Crippen LogP contribution in [0.1, 0.15) is 84.5 Å². The second-order valence-corrected chi connectivity index (χ2v) is 5.97. The van der Waals surface area contributed by atoms with Gasteiger partial charge in [0.1, 0.15) is 6.04 Å². The van der Waals surface area contributed by atoms with Crippen molar-refractivity contribution < 1.29 is 19.1 Å². The van der Waals surface area contributed by atoms with E-state index in [1.807, 2.05) is 0 Å². The molecule has 0 bridgehead atoms. The number of nitrogens with one attached hydrogen (secondary N) is 1. The van der Waals surface area contributed by atoms with E-state index in [9.17, 15) is 9.59 Å². The van der Waals surface area contributed by atoms with Crippen LogP contribution in [0.25, 0.3) is 0 Å². The largest absolute Gasteiger partial charge is 0.464 e. The smallest absolute Gasteiger partial charge is 0.407 e. The van der Waals surface area contributed by atoms with E-state index in [1.54, 1.807) is 0 Å². The molecule has 0 heterocycles. The van der Waals surface area contributed by atoms with E-state index in [-0.39, 0.29) is 5.97 Å². The van der Waals surface area contributed by atoms with Crippen LogP contribution in [0.2, 0.25) is 0 Å². The molecule has 1 atom stereocenters. The van der Waals surface area contributed by atoms with Crippen LogP contribution in [-0.4, -0.2) is 31.8 Å². The third-order valence-electron chi connectivity index (χ3n) is 3.85. The molecule has 0 aliphatic heterocycles. The number of hydrogen-bond donors (Lipinski definition) is 1. The maximum Gasteiger partial charge on any atom is 0.407 e. The van der Waals surface area contributed by atoms with Gasteiger partial charge >= 0.3 is 12.1 Å². The Kier molecular flexibility index (Phi) is 14.8. The molecule has 0 aromatic heterocycles. The Morgan fingerprint density at radius 2 is 1.43 bits per heavy atom. The third-order valence-corrected chi connectivity index (χ3v) is 3.85. The van der Waals surface area contributed by atoms with Crippen molar-refractivity contribution in [1.82, 2.24) is 5.32 Å². The normalized spacial score (nSPS) is 11.8. The van der Waals surface area contributed by atoms with Crippen LogP contribution >= 0.6 is 0 Å². The molecule has 0 fully saturated rings. The first-order valence-corrected chi connectivity index (χ1v) is 9.16. The molecule has 0 saturated carbocycles. The predicted octanol–water partition coefficient (Wildman–Crippen LogP) is 4.59. The number of alkyl carbamates (subject to hydrolysis) is 1. The molecule has 5 nitrogen and oxygen atoms in total. The van der Waals surface area contributed by atoms with Crippen LogP contribution in [0.5, 0.6) is 0 Å². The summed E-state index contributed by atoms with van der Waals surface area (Å²) in [6.07, 6.45) is 11.1. The minimum absolute atomic E-state index is 0.347. The third kappa shape index (κ3) is 12.9. The van der Waals surface area contributed by atoms with Crippen LogP contribution in [-0.2, 0) is 14.3 Å². The van der Waals surface area contributed by atoms with Crippen molar-refractivity contribution in [3.63, 3.8) is 0 Å². The zero-order chi connectivity index (χ0) is 17.3. The topological polar surface area (TPSA) is 64.6 Å². The lowest BCUT2D eigenvalue weighted by Gasteiger charge is -2.17. The summed E-state index contributed by atoms with van der Waals surface area (Å²) in [5.74, 6) is -0.347. The zero-order valence-electron chi connectivity index (χ0n) is 15.2. The van der Waals surface area contributed by atoms with Gasteiger partial charge in [-0.1, -0.05) is 71.6 Å². The summed E-state index contributed by atoms with van der Waals surface area (Å²) in [4.78, 5) is 23.5. The molecule has 0 aliphatic rings. The summed E-state index contributed by atoms with van der Waals surface area (Å²) >= 11 is 0. The number of rotatable bonds is 14. The Balaban J connectivity index is 3.99. The molecule has 1 amide bonds. The maximum absolute atomic E-state index is 12.1. The molecule has 23 heavy (non-hydrogen) atoms. The fraction of sp³-hybridized carbons (Fsp3) is 0.889. The second kappa shape index (κ2) is 15.6. The van der Waals surface area contributed by atoms with E-state index in [2.05, 4.69) is 23.9 Å². The highest BCUT2D eigenvalue weighted by Gasteiger charge is 2.22. The number of methoxy groups -OCH3 is 1. The molecule has 0 radical (unpaired) electrons. The molecule has 5 heteroatoms. The van der Waals surface area contributed by atoms with E-state index in [1.165, 1.54) is 32.8 Å². The summed E-state index contributed by atoms with van der Waals surface area (Å²) in [6, 6.07) is -0.598. The first-order chi connectivity index (χ1) is 11.2. The van der Waals surface area contributed by atoms with E-state index in [0.717, 1.165) is 38.5 Å². The molecule has 1 N–H and O–H groups in total. The molecule has 0 saturated heterocycles. The van der Waals surface area contributed by atoms with Gasteiger partial charge in [-0.15, -0.1) is 0 Å². The van der Waals surface area contributed by atoms with E-state index < -0.39 is 12.1 Å². The lowest BCUT2D eigenvalue weighted by atomic mass is 10.1. The molecule has 0 rings (SSSR count). The minimum atomic E-state index is -0.598. The van der Waals surface area contributed by atoms with Crippen molar-refractivity contribution in [2.45, 2.75) is 90.5 Å². The first-order valence-electron chi connectivity index (χ1n) is 9.16. The molecular weight excluding hydrogens is 294 g/mol. The van der Waals surface area contributed by atoms with Crippen molar-refractivity contribution in [1.29, 1.82) is 0 Å². The van der Waals surface area contributed by atoms with Gasteiger partial charge in [-0.2, -0.15) is 0 Å². The lowest BCUT2D eigenvalue weighted by molar-refractivity contribution is -0.146. The Labute approximate surface area is 141 Å². The van der Waals surface area contributed by atoms with Crippen molar-refractivity contribution in [3.05, 3.63) is 0 Å². The van der Waals surface area contributed by atoms with Crippen LogP contribution < -0.4 is 5.32 Å². The van der Waals surface area contributed by atoms with Gasteiger partial charge in [-0.25, -0.2) is 9.59 Å². The summed E-state index contributed by atoms with van der Waals surface area (Å²) in [5, 5.41) is 2.58.